The van der Waals surface area contributed by atoms with Crippen molar-refractivity contribution in [2.75, 3.05) is 13.1 Å². The van der Waals surface area contributed by atoms with Gasteiger partial charge in [-0.2, -0.15) is 0 Å². The summed E-state index contributed by atoms with van der Waals surface area (Å²) in [7, 11) is 1.75. The molecule has 0 atom stereocenters. The highest BCUT2D eigenvalue weighted by molar-refractivity contribution is 6.11. The van der Waals surface area contributed by atoms with Crippen LogP contribution < -0.4 is 5.56 Å². The van der Waals surface area contributed by atoms with E-state index in [0.717, 1.165) is 54.8 Å². The van der Waals surface area contributed by atoms with Crippen molar-refractivity contribution >= 4 is 5.71 Å². The number of rotatable bonds is 4. The molecule has 1 saturated heterocycles. The van der Waals surface area contributed by atoms with Crippen LogP contribution in [0.3, 0.4) is 0 Å². The zero-order valence-corrected chi connectivity index (χ0v) is 18.7. The smallest absolute Gasteiger partial charge is 0.250 e. The van der Waals surface area contributed by atoms with Crippen LogP contribution in [-0.4, -0.2) is 38.5 Å². The van der Waals surface area contributed by atoms with Crippen molar-refractivity contribution in [3.05, 3.63) is 98.7 Å². The molecule has 1 N–H and O–H groups in total. The third-order valence-corrected chi connectivity index (χ3v) is 6.74. The number of pyridine rings is 2. The number of ether oxygens (including phenoxy) is 1. The fraction of sp³-hybridized carbons (Fsp3) is 0.320. The molecule has 2 aromatic heterocycles. The maximum Gasteiger partial charge on any atom is 0.250 e. The number of piperidine rings is 1. The first kappa shape index (κ1) is 22.4. The van der Waals surface area contributed by atoms with Crippen molar-refractivity contribution in [3.8, 4) is 0 Å². The molecular weight excluding hydrogens is 442 g/mol. The van der Waals surface area contributed by atoms with Gasteiger partial charge in [-0.05, 0) is 48.2 Å². The first-order chi connectivity index (χ1) is 16.4. The van der Waals surface area contributed by atoms with Crippen molar-refractivity contribution in [2.45, 2.75) is 31.6 Å². The van der Waals surface area contributed by atoms with E-state index in [2.05, 4.69) is 15.0 Å². The summed E-state index contributed by atoms with van der Waals surface area (Å²) in [6, 6.07) is 8.59. The Morgan fingerprint density at radius 3 is 2.65 bits per heavy atom. The van der Waals surface area contributed by atoms with E-state index in [4.69, 9.17) is 4.74 Å². The van der Waals surface area contributed by atoms with Crippen LogP contribution in [0.2, 0.25) is 0 Å². The number of fused-ring (bicyclic) bond motifs is 2. The number of likely N-dealkylation sites (tertiary alicyclic amines) is 1. The van der Waals surface area contributed by atoms with E-state index in [1.165, 1.54) is 6.07 Å². The lowest BCUT2D eigenvalue weighted by Crippen LogP contribution is -2.42. The summed E-state index contributed by atoms with van der Waals surface area (Å²) < 4.78 is 34.6. The Morgan fingerprint density at radius 2 is 1.97 bits per heavy atom. The molecule has 1 spiro atoms. The van der Waals surface area contributed by atoms with Gasteiger partial charge < -0.3 is 14.5 Å². The summed E-state index contributed by atoms with van der Waals surface area (Å²) in [5.74, 6) is -1.99. The van der Waals surface area contributed by atoms with Crippen molar-refractivity contribution in [2.24, 2.45) is 12.2 Å². The monoisotopic (exact) mass is 466 g/mol. The lowest BCUT2D eigenvalue weighted by Gasteiger charge is -2.39. The number of oxime groups is 1. The second-order valence-electron chi connectivity index (χ2n) is 8.85. The van der Waals surface area contributed by atoms with Gasteiger partial charge in [0.15, 0.2) is 11.6 Å². The molecule has 0 unspecified atom stereocenters. The third kappa shape index (κ3) is 4.01. The highest BCUT2D eigenvalue weighted by Gasteiger charge is 2.43. The molecule has 1 fully saturated rings. The minimum atomic E-state index is -1.02. The normalized spacial score (nSPS) is 17.8. The minimum Gasteiger partial charge on any atom is -0.410 e. The quantitative estimate of drug-likeness (QED) is 0.363. The van der Waals surface area contributed by atoms with Gasteiger partial charge >= 0.3 is 0 Å². The van der Waals surface area contributed by atoms with Crippen molar-refractivity contribution in [1.82, 2.24) is 14.5 Å². The highest BCUT2D eigenvalue weighted by Crippen LogP contribution is 2.43. The van der Waals surface area contributed by atoms with E-state index in [9.17, 15) is 18.8 Å². The zero-order valence-electron chi connectivity index (χ0n) is 18.7. The van der Waals surface area contributed by atoms with Gasteiger partial charge in [0.05, 0.1) is 17.9 Å². The number of hydrogen-bond acceptors (Lipinski definition) is 6. The molecule has 3 aromatic rings. The third-order valence-electron chi connectivity index (χ3n) is 6.74. The first-order valence-electron chi connectivity index (χ1n) is 11.1. The van der Waals surface area contributed by atoms with Crippen molar-refractivity contribution in [3.63, 3.8) is 0 Å². The summed E-state index contributed by atoms with van der Waals surface area (Å²) in [6.45, 7) is 2.84. The van der Waals surface area contributed by atoms with Gasteiger partial charge in [0.25, 0.3) is 5.56 Å². The standard InChI is InChI=1S/C25H24F2N4O3/c1-30-14-18-15-34-25(19(18)11-23(30)32)6-8-31(9-7-25)13-16-2-5-22(28-12-16)24(29-33)17-3-4-20(26)21(27)10-17/h2-5,10-12,14,33H,6-9,13,15H2,1H3. The lowest BCUT2D eigenvalue weighted by molar-refractivity contribution is -0.0799. The highest BCUT2D eigenvalue weighted by atomic mass is 19.2. The molecule has 34 heavy (non-hydrogen) atoms. The second kappa shape index (κ2) is 8.73. The van der Waals surface area contributed by atoms with Gasteiger partial charge in [-0.3, -0.25) is 14.7 Å². The Bertz CT molecular complexity index is 1310. The minimum absolute atomic E-state index is 0.0219. The molecule has 176 valence electrons. The lowest BCUT2D eigenvalue weighted by atomic mass is 9.84. The van der Waals surface area contributed by atoms with Gasteiger partial charge in [0.2, 0.25) is 0 Å². The number of nitrogens with zero attached hydrogens (tertiary/aromatic N) is 4. The summed E-state index contributed by atoms with van der Waals surface area (Å²) in [5, 5.41) is 12.6. The van der Waals surface area contributed by atoms with Crippen molar-refractivity contribution < 1.29 is 18.7 Å². The Kier molecular flexibility index (Phi) is 5.75. The van der Waals surface area contributed by atoms with E-state index >= 15 is 0 Å². The molecular formula is C25H24F2N4O3. The van der Waals surface area contributed by atoms with Crippen LogP contribution in [0.5, 0.6) is 0 Å². The zero-order chi connectivity index (χ0) is 23.9. The van der Waals surface area contributed by atoms with Gasteiger partial charge in [-0.1, -0.05) is 11.2 Å². The van der Waals surface area contributed by atoms with Crippen LogP contribution >= 0.6 is 0 Å². The first-order valence-corrected chi connectivity index (χ1v) is 11.1. The van der Waals surface area contributed by atoms with Crippen LogP contribution in [0.25, 0.3) is 0 Å². The van der Waals surface area contributed by atoms with E-state index in [1.54, 1.807) is 29.9 Å². The summed E-state index contributed by atoms with van der Waals surface area (Å²) in [6.07, 6.45) is 5.17. The Balaban J connectivity index is 1.25. The molecule has 7 nitrogen and oxygen atoms in total. The molecule has 9 heteroatoms. The van der Waals surface area contributed by atoms with Crippen LogP contribution in [0, 0.1) is 11.6 Å². The molecule has 0 aliphatic carbocycles. The predicted octanol–water partition coefficient (Wildman–Crippen LogP) is 3.31. The van der Waals surface area contributed by atoms with Crippen molar-refractivity contribution in [1.29, 1.82) is 0 Å². The Labute approximate surface area is 194 Å². The average molecular weight is 466 g/mol. The predicted molar refractivity (Wildman–Crippen MR) is 121 cm³/mol. The van der Waals surface area contributed by atoms with Gasteiger partial charge in [-0.25, -0.2) is 8.78 Å². The van der Waals surface area contributed by atoms with E-state index in [-0.39, 0.29) is 16.8 Å². The molecule has 0 amide bonds. The molecule has 5 rings (SSSR count). The molecule has 0 radical (unpaired) electrons. The summed E-state index contributed by atoms with van der Waals surface area (Å²) >= 11 is 0. The SMILES string of the molecule is Cn1cc2c(cc1=O)C1(CCN(Cc3ccc(C(=NO)c4ccc(F)c(F)c4)nc3)CC1)OC2. The maximum atomic E-state index is 13.6. The summed E-state index contributed by atoms with van der Waals surface area (Å²) in [4.78, 5) is 18.8. The number of halogens is 2. The largest absolute Gasteiger partial charge is 0.410 e. The number of hydrogen-bond donors (Lipinski definition) is 1. The van der Waals surface area contributed by atoms with Gasteiger partial charge in [0, 0.05) is 56.3 Å². The Hall–Kier alpha value is -3.43. The van der Waals surface area contributed by atoms with Crippen LogP contribution in [0.4, 0.5) is 8.78 Å². The Morgan fingerprint density at radius 1 is 1.18 bits per heavy atom. The maximum absolute atomic E-state index is 13.6. The molecule has 0 bridgehead atoms. The molecule has 2 aliphatic rings. The second-order valence-corrected chi connectivity index (χ2v) is 8.85. The van der Waals surface area contributed by atoms with Crippen LogP contribution in [0.15, 0.2) is 58.7 Å². The van der Waals surface area contributed by atoms with E-state index in [1.807, 2.05) is 12.3 Å². The molecule has 1 aromatic carbocycles. The molecule has 0 saturated carbocycles. The number of aryl methyl sites for hydroxylation is 1. The van der Waals surface area contributed by atoms with Crippen LogP contribution in [-0.2, 0) is 30.5 Å². The van der Waals surface area contributed by atoms with Gasteiger partial charge in [0.1, 0.15) is 5.71 Å². The topological polar surface area (TPSA) is 80.0 Å². The fourth-order valence-electron chi connectivity index (χ4n) is 4.82. The molecule has 2 aliphatic heterocycles. The number of benzene rings is 1. The summed E-state index contributed by atoms with van der Waals surface area (Å²) in [5.41, 5.74) is 3.32. The molecule has 4 heterocycles. The van der Waals surface area contributed by atoms with E-state index < -0.39 is 17.2 Å². The number of aromatic nitrogens is 2. The van der Waals surface area contributed by atoms with E-state index in [0.29, 0.717) is 18.8 Å². The fourth-order valence-corrected chi connectivity index (χ4v) is 4.82. The van der Waals surface area contributed by atoms with Gasteiger partial charge in [-0.15, -0.1) is 0 Å². The van der Waals surface area contributed by atoms with Crippen LogP contribution in [0.1, 0.15) is 40.8 Å². The average Bonchev–Trinajstić information content (AvgIpc) is 3.16.